The molecular formula is C13H14O2Se. The van der Waals surface area contributed by atoms with E-state index in [1.54, 1.807) is 0 Å². The molecule has 1 heterocycles. The van der Waals surface area contributed by atoms with Gasteiger partial charge in [-0.15, -0.1) is 0 Å². The number of carbonyl (C=O) groups excluding carboxylic acids is 1. The van der Waals surface area contributed by atoms with Crippen molar-refractivity contribution in [3.63, 3.8) is 0 Å². The molecule has 3 heteroatoms. The van der Waals surface area contributed by atoms with Crippen LogP contribution in [-0.4, -0.2) is 27.0 Å². The summed E-state index contributed by atoms with van der Waals surface area (Å²) in [4.78, 5) is 11.4. The third-order valence-corrected chi connectivity index (χ3v) is 5.12. The molecule has 1 aromatic rings. The van der Waals surface area contributed by atoms with E-state index in [1.807, 2.05) is 24.3 Å². The Hall–Kier alpha value is -1.05. The molecule has 2 atom stereocenters. The molecule has 0 aliphatic carbocycles. The van der Waals surface area contributed by atoms with Crippen molar-refractivity contribution in [2.24, 2.45) is 0 Å². The number of rotatable bonds is 2. The fraction of sp³-hybridized carbons (Fsp3) is 0.308. The van der Waals surface area contributed by atoms with Gasteiger partial charge in [-0.3, -0.25) is 0 Å². The van der Waals surface area contributed by atoms with E-state index in [1.165, 1.54) is 12.5 Å². The van der Waals surface area contributed by atoms with E-state index in [0.29, 0.717) is 19.8 Å². The van der Waals surface area contributed by atoms with E-state index in [0.717, 1.165) is 5.32 Å². The Morgan fingerprint density at radius 1 is 1.38 bits per heavy atom. The topological polar surface area (TPSA) is 26.3 Å². The molecule has 0 amide bonds. The maximum atomic E-state index is 11.0. The molecule has 1 aliphatic heterocycles. The average molecular weight is 281 g/mol. The van der Waals surface area contributed by atoms with Gasteiger partial charge in [-0.2, -0.15) is 0 Å². The van der Waals surface area contributed by atoms with Crippen molar-refractivity contribution in [3.05, 3.63) is 48.0 Å². The van der Waals surface area contributed by atoms with Gasteiger partial charge in [0.05, 0.1) is 0 Å². The molecule has 16 heavy (non-hydrogen) atoms. The summed E-state index contributed by atoms with van der Waals surface area (Å²) in [6.45, 7) is 1.47. The molecule has 0 fully saturated rings. The number of benzene rings is 1. The molecule has 0 N–H and O–H groups in total. The molecular weight excluding hydrogens is 267 g/mol. The van der Waals surface area contributed by atoms with E-state index in [2.05, 4.69) is 18.2 Å². The maximum absolute atomic E-state index is 11.0. The summed E-state index contributed by atoms with van der Waals surface area (Å²) in [6.07, 6.45) is 4.06. The number of ether oxygens (including phenoxy) is 1. The van der Waals surface area contributed by atoms with Crippen molar-refractivity contribution in [2.45, 2.75) is 23.2 Å². The fourth-order valence-corrected chi connectivity index (χ4v) is 4.11. The summed E-state index contributed by atoms with van der Waals surface area (Å²) in [5.41, 5.74) is 1.28. The van der Waals surface area contributed by atoms with E-state index >= 15 is 0 Å². The van der Waals surface area contributed by atoms with Crippen molar-refractivity contribution >= 4 is 20.9 Å². The zero-order valence-corrected chi connectivity index (χ0v) is 10.8. The molecule has 0 aromatic heterocycles. The Bertz CT molecular complexity index is 386. The predicted molar refractivity (Wildman–Crippen MR) is 64.4 cm³/mol. The van der Waals surface area contributed by atoms with Gasteiger partial charge >= 0.3 is 102 Å². The van der Waals surface area contributed by atoms with E-state index < -0.39 is 0 Å². The molecule has 0 unspecified atom stereocenters. The van der Waals surface area contributed by atoms with Crippen molar-refractivity contribution in [1.82, 2.24) is 0 Å². The zero-order chi connectivity index (χ0) is 11.4. The van der Waals surface area contributed by atoms with Crippen LogP contribution in [0.5, 0.6) is 0 Å². The molecule has 1 aromatic carbocycles. The molecule has 0 radical (unpaired) electrons. The van der Waals surface area contributed by atoms with Crippen molar-refractivity contribution in [3.8, 4) is 0 Å². The summed E-state index contributed by atoms with van der Waals surface area (Å²) >= 11 is 0.468. The Balaban J connectivity index is 2.18. The first-order valence-corrected chi connectivity index (χ1v) is 7.48. The summed E-state index contributed by atoms with van der Waals surface area (Å²) in [6, 6.07) is 10.3. The van der Waals surface area contributed by atoms with Crippen LogP contribution in [0.4, 0.5) is 0 Å². The van der Waals surface area contributed by atoms with Crippen LogP contribution in [0.25, 0.3) is 0 Å². The van der Waals surface area contributed by atoms with E-state index in [4.69, 9.17) is 4.74 Å². The molecule has 0 saturated heterocycles. The average Bonchev–Trinajstić information content (AvgIpc) is 2.30. The molecule has 0 saturated carbocycles. The number of hydrogen-bond acceptors (Lipinski definition) is 2. The van der Waals surface area contributed by atoms with Gasteiger partial charge in [0.15, 0.2) is 0 Å². The summed E-state index contributed by atoms with van der Waals surface area (Å²) in [7, 11) is 0. The molecule has 1 aliphatic rings. The standard InChI is InChI=1S/C13H14O2Se/c1-10(14)15-12-8-5-9-16-13(12)11-6-3-2-4-7-11/h2-8,12-13H,9H2,1H3/t12-,13+/m1/s1. The van der Waals surface area contributed by atoms with Crippen LogP contribution >= 0.6 is 0 Å². The SMILES string of the molecule is CC(=O)O[C@@H]1C=CC[Se][C@H]1c1ccccc1. The Morgan fingerprint density at radius 2 is 2.12 bits per heavy atom. The summed E-state index contributed by atoms with van der Waals surface area (Å²) < 4.78 is 5.35. The minimum atomic E-state index is -0.201. The second-order valence-corrected chi connectivity index (χ2v) is 6.13. The number of allylic oxidation sites excluding steroid dienone is 1. The van der Waals surface area contributed by atoms with Gasteiger partial charge in [0, 0.05) is 0 Å². The Morgan fingerprint density at radius 3 is 2.81 bits per heavy atom. The van der Waals surface area contributed by atoms with Gasteiger partial charge in [-0.1, -0.05) is 0 Å². The third kappa shape index (κ3) is 2.75. The quantitative estimate of drug-likeness (QED) is 0.472. The summed E-state index contributed by atoms with van der Waals surface area (Å²) in [5.74, 6) is -0.201. The van der Waals surface area contributed by atoms with Crippen LogP contribution < -0.4 is 0 Å². The van der Waals surface area contributed by atoms with Crippen LogP contribution in [0, 0.1) is 0 Å². The van der Waals surface area contributed by atoms with Crippen LogP contribution in [0.15, 0.2) is 42.5 Å². The zero-order valence-electron chi connectivity index (χ0n) is 9.13. The first kappa shape index (κ1) is 11.4. The number of hydrogen-bond donors (Lipinski definition) is 0. The van der Waals surface area contributed by atoms with Crippen LogP contribution in [0.2, 0.25) is 5.32 Å². The second kappa shape index (κ2) is 5.33. The second-order valence-electron chi connectivity index (χ2n) is 3.67. The van der Waals surface area contributed by atoms with Crippen molar-refractivity contribution in [2.75, 3.05) is 0 Å². The van der Waals surface area contributed by atoms with Crippen LogP contribution in [0.3, 0.4) is 0 Å². The van der Waals surface area contributed by atoms with Crippen molar-refractivity contribution in [1.29, 1.82) is 0 Å². The summed E-state index contributed by atoms with van der Waals surface area (Å²) in [5, 5.41) is 1.12. The van der Waals surface area contributed by atoms with E-state index in [-0.39, 0.29) is 12.1 Å². The van der Waals surface area contributed by atoms with Gasteiger partial charge < -0.3 is 0 Å². The first-order valence-electron chi connectivity index (χ1n) is 5.28. The van der Waals surface area contributed by atoms with Gasteiger partial charge in [-0.05, 0) is 0 Å². The molecule has 2 nitrogen and oxygen atoms in total. The number of carbonyl (C=O) groups is 1. The van der Waals surface area contributed by atoms with Gasteiger partial charge in [0.25, 0.3) is 0 Å². The molecule has 84 valence electrons. The molecule has 0 spiro atoms. The fourth-order valence-electron chi connectivity index (χ4n) is 1.77. The van der Waals surface area contributed by atoms with Crippen LogP contribution in [0.1, 0.15) is 17.3 Å². The normalized spacial score (nSPS) is 24.1. The minimum absolute atomic E-state index is 0.0753. The molecule has 2 rings (SSSR count). The monoisotopic (exact) mass is 282 g/mol. The van der Waals surface area contributed by atoms with Gasteiger partial charge in [-0.25, -0.2) is 0 Å². The van der Waals surface area contributed by atoms with Crippen molar-refractivity contribution < 1.29 is 9.53 Å². The predicted octanol–water partition coefficient (Wildman–Crippen LogP) is 2.35. The number of esters is 1. The Labute approximate surface area is 102 Å². The van der Waals surface area contributed by atoms with Gasteiger partial charge in [0.2, 0.25) is 0 Å². The third-order valence-electron chi connectivity index (χ3n) is 2.43. The molecule has 0 bridgehead atoms. The first-order chi connectivity index (χ1) is 7.77. The van der Waals surface area contributed by atoms with Crippen LogP contribution in [-0.2, 0) is 9.53 Å². The Kier molecular flexibility index (Phi) is 3.81. The van der Waals surface area contributed by atoms with E-state index in [9.17, 15) is 4.79 Å². The van der Waals surface area contributed by atoms with Gasteiger partial charge in [0.1, 0.15) is 0 Å².